The summed E-state index contributed by atoms with van der Waals surface area (Å²) >= 11 is 0. The van der Waals surface area contributed by atoms with Crippen LogP contribution in [0, 0.1) is 44.8 Å². The van der Waals surface area contributed by atoms with Crippen molar-refractivity contribution in [1.82, 2.24) is 0 Å². The molecule has 2 aliphatic rings. The number of nitrogens with two attached hydrogens (primary N) is 1. The molecule has 0 saturated heterocycles. The van der Waals surface area contributed by atoms with Gasteiger partial charge in [0.25, 0.3) is 5.91 Å². The van der Waals surface area contributed by atoms with Crippen LogP contribution >= 0.6 is 0 Å². The lowest BCUT2D eigenvalue weighted by Gasteiger charge is -2.41. The molecule has 1 amide bonds. The monoisotopic (exact) mass is 365 g/mol. The number of ether oxygens (including phenoxy) is 2. The van der Waals surface area contributed by atoms with E-state index in [2.05, 4.69) is 0 Å². The Bertz CT molecular complexity index is 920. The third-order valence-electron chi connectivity index (χ3n) is 5.76. The molecule has 0 aromatic heterocycles. The molecular weight excluding hydrogens is 346 g/mol. The standard InChI is InChI=1S/C19H19N5O3/c1-4-26-19(27-5-2)18(13-8-6-7-9-14(13)24(19)3)16(10-20,11-21)17(18,12-22)15(23)25/h6-9H,4-5H2,1-3H3,(H2,23,25)/t17-,18+/m1/s1. The van der Waals surface area contributed by atoms with E-state index in [1.54, 1.807) is 50.1 Å². The van der Waals surface area contributed by atoms with Gasteiger partial charge in [-0.05, 0) is 25.5 Å². The third kappa shape index (κ3) is 1.52. The van der Waals surface area contributed by atoms with Crippen molar-refractivity contribution >= 4 is 11.6 Å². The first kappa shape index (κ1) is 18.7. The van der Waals surface area contributed by atoms with Crippen LogP contribution in [-0.4, -0.2) is 32.1 Å². The van der Waals surface area contributed by atoms with Gasteiger partial charge in [0.05, 0.1) is 18.2 Å². The van der Waals surface area contributed by atoms with Crippen LogP contribution in [0.3, 0.4) is 0 Å². The van der Waals surface area contributed by atoms with Crippen molar-refractivity contribution in [3.05, 3.63) is 29.8 Å². The number of likely N-dealkylation sites (N-methyl/N-ethyl adjacent to an activating group) is 1. The maximum absolute atomic E-state index is 12.6. The smallest absolute Gasteiger partial charge is 0.266 e. The molecule has 1 heterocycles. The average Bonchev–Trinajstić information content (AvgIpc) is 3.18. The maximum Gasteiger partial charge on any atom is 0.266 e. The van der Waals surface area contributed by atoms with Crippen molar-refractivity contribution in [2.24, 2.45) is 16.6 Å². The number of rotatable bonds is 5. The molecule has 0 unspecified atom stereocenters. The zero-order chi connectivity index (χ0) is 20.1. The molecule has 1 fully saturated rings. The summed E-state index contributed by atoms with van der Waals surface area (Å²) in [4.78, 5) is 14.2. The van der Waals surface area contributed by atoms with Crippen LogP contribution in [0.5, 0.6) is 0 Å². The van der Waals surface area contributed by atoms with Crippen LogP contribution in [0.15, 0.2) is 24.3 Å². The van der Waals surface area contributed by atoms with Crippen LogP contribution in [0.4, 0.5) is 5.69 Å². The van der Waals surface area contributed by atoms with Crippen molar-refractivity contribution in [3.63, 3.8) is 0 Å². The fourth-order valence-electron chi connectivity index (χ4n) is 4.90. The second-order valence-corrected chi connectivity index (χ2v) is 6.47. The van der Waals surface area contributed by atoms with E-state index in [0.717, 1.165) is 0 Å². The molecule has 1 saturated carbocycles. The van der Waals surface area contributed by atoms with Crippen LogP contribution in [-0.2, 0) is 19.7 Å². The highest BCUT2D eigenvalue weighted by Gasteiger charge is 3.03. The summed E-state index contributed by atoms with van der Waals surface area (Å²) < 4.78 is 12.0. The molecule has 0 bridgehead atoms. The van der Waals surface area contributed by atoms with Gasteiger partial charge in [0.15, 0.2) is 10.8 Å². The van der Waals surface area contributed by atoms with Gasteiger partial charge in [0.1, 0.15) is 5.41 Å². The summed E-state index contributed by atoms with van der Waals surface area (Å²) in [6, 6.07) is 12.7. The first-order valence-corrected chi connectivity index (χ1v) is 8.54. The van der Waals surface area contributed by atoms with Gasteiger partial charge in [0.2, 0.25) is 5.91 Å². The maximum atomic E-state index is 12.6. The minimum Gasteiger partial charge on any atom is -0.368 e. The number of amides is 1. The summed E-state index contributed by atoms with van der Waals surface area (Å²) in [6.45, 7) is 3.78. The molecule has 2 N–H and O–H groups in total. The molecule has 3 rings (SSSR count). The summed E-state index contributed by atoms with van der Waals surface area (Å²) in [5, 5.41) is 30.1. The van der Waals surface area contributed by atoms with Gasteiger partial charge >= 0.3 is 0 Å². The summed E-state index contributed by atoms with van der Waals surface area (Å²) in [5.41, 5.74) is 0.800. The van der Waals surface area contributed by atoms with Crippen molar-refractivity contribution in [1.29, 1.82) is 15.8 Å². The van der Waals surface area contributed by atoms with Crippen LogP contribution in [0.25, 0.3) is 0 Å². The van der Waals surface area contributed by atoms with Gasteiger partial charge in [-0.2, -0.15) is 15.8 Å². The van der Waals surface area contributed by atoms with E-state index in [1.807, 2.05) is 18.2 Å². The lowest BCUT2D eigenvalue weighted by molar-refractivity contribution is -0.253. The van der Waals surface area contributed by atoms with Crippen molar-refractivity contribution in [3.8, 4) is 18.2 Å². The number of carbonyl (C=O) groups is 1. The fourth-order valence-corrected chi connectivity index (χ4v) is 4.90. The highest BCUT2D eigenvalue weighted by Crippen LogP contribution is 2.85. The molecule has 1 aliphatic carbocycles. The van der Waals surface area contributed by atoms with Gasteiger partial charge in [-0.15, -0.1) is 0 Å². The highest BCUT2D eigenvalue weighted by molar-refractivity contribution is 5.99. The minimum atomic E-state index is -2.13. The summed E-state index contributed by atoms with van der Waals surface area (Å²) in [6.07, 6.45) is 0. The van der Waals surface area contributed by atoms with E-state index < -0.39 is 28.1 Å². The number of nitrogens with zero attached hydrogens (tertiary/aromatic N) is 4. The van der Waals surface area contributed by atoms with E-state index >= 15 is 0 Å². The largest absolute Gasteiger partial charge is 0.368 e. The number of benzene rings is 1. The molecule has 1 aliphatic heterocycles. The number of hydrogen-bond acceptors (Lipinski definition) is 7. The molecule has 1 aromatic rings. The van der Waals surface area contributed by atoms with Gasteiger partial charge < -0.3 is 20.1 Å². The molecule has 1 spiro atoms. The third-order valence-corrected chi connectivity index (χ3v) is 5.76. The second-order valence-electron chi connectivity index (χ2n) is 6.47. The zero-order valence-corrected chi connectivity index (χ0v) is 15.3. The van der Waals surface area contributed by atoms with Crippen molar-refractivity contribution in [2.75, 3.05) is 25.2 Å². The van der Waals surface area contributed by atoms with Crippen LogP contribution in [0.2, 0.25) is 0 Å². The highest BCUT2D eigenvalue weighted by atomic mass is 16.7. The minimum absolute atomic E-state index is 0.160. The van der Waals surface area contributed by atoms with E-state index in [9.17, 15) is 20.6 Å². The Hall–Kier alpha value is -3.12. The van der Waals surface area contributed by atoms with E-state index in [1.165, 1.54) is 0 Å². The Morgan fingerprint density at radius 3 is 2.07 bits per heavy atom. The van der Waals surface area contributed by atoms with E-state index in [4.69, 9.17) is 15.2 Å². The Kier molecular flexibility index (Phi) is 3.93. The number of nitriles is 3. The first-order valence-electron chi connectivity index (χ1n) is 8.54. The number of hydrogen-bond donors (Lipinski definition) is 1. The number of fused-ring (bicyclic) bond motifs is 2. The molecule has 8 nitrogen and oxygen atoms in total. The SMILES string of the molecule is CCOC1(OCC)N(C)c2ccccc2[C@@]12C(C#N)(C#N)[C@@]2(C#N)C(N)=O. The molecule has 0 radical (unpaired) electrons. The predicted octanol–water partition coefficient (Wildman–Crippen LogP) is 1.14. The van der Waals surface area contributed by atoms with Gasteiger partial charge in [-0.3, -0.25) is 4.79 Å². The topological polar surface area (TPSA) is 136 Å². The molecule has 1 aromatic carbocycles. The lowest BCUT2D eigenvalue weighted by atomic mass is 9.83. The fraction of sp³-hybridized carbons (Fsp3) is 0.474. The van der Waals surface area contributed by atoms with Crippen molar-refractivity contribution < 1.29 is 14.3 Å². The molecular formula is C19H19N5O3. The second kappa shape index (κ2) is 5.69. The quantitative estimate of drug-likeness (QED) is 0.773. The number of primary amides is 1. The Morgan fingerprint density at radius 2 is 1.67 bits per heavy atom. The number of anilines is 1. The van der Waals surface area contributed by atoms with E-state index in [0.29, 0.717) is 11.3 Å². The Labute approximate surface area is 157 Å². The zero-order valence-electron chi connectivity index (χ0n) is 15.3. The van der Waals surface area contributed by atoms with E-state index in [-0.39, 0.29) is 13.2 Å². The Balaban J connectivity index is 2.54. The first-order chi connectivity index (χ1) is 12.9. The van der Waals surface area contributed by atoms with Gasteiger partial charge in [0, 0.05) is 25.9 Å². The predicted molar refractivity (Wildman–Crippen MR) is 93.4 cm³/mol. The lowest BCUT2D eigenvalue weighted by Crippen LogP contribution is -2.59. The number of carbonyl (C=O) groups excluding carboxylic acids is 1. The van der Waals surface area contributed by atoms with Crippen LogP contribution in [0.1, 0.15) is 19.4 Å². The molecule has 2 atom stereocenters. The number of para-hydroxylation sites is 1. The molecule has 27 heavy (non-hydrogen) atoms. The van der Waals surface area contributed by atoms with Crippen molar-refractivity contribution in [2.45, 2.75) is 25.2 Å². The van der Waals surface area contributed by atoms with Gasteiger partial charge in [-0.1, -0.05) is 18.2 Å². The van der Waals surface area contributed by atoms with Crippen LogP contribution < -0.4 is 10.6 Å². The Morgan fingerprint density at radius 1 is 1.11 bits per heavy atom. The average molecular weight is 365 g/mol. The molecule has 138 valence electrons. The normalized spacial score (nSPS) is 28.7. The van der Waals surface area contributed by atoms with Gasteiger partial charge in [-0.25, -0.2) is 0 Å². The summed E-state index contributed by atoms with van der Waals surface area (Å²) in [5.74, 6) is -2.77. The summed E-state index contributed by atoms with van der Waals surface area (Å²) in [7, 11) is 1.68. The molecule has 8 heteroatoms.